The first-order valence-electron chi connectivity index (χ1n) is 3.82. The van der Waals surface area contributed by atoms with Gasteiger partial charge in [-0.25, -0.2) is 4.57 Å². The molecule has 0 saturated heterocycles. The van der Waals surface area contributed by atoms with Gasteiger partial charge in [0.1, 0.15) is 0 Å². The van der Waals surface area contributed by atoms with Crippen molar-refractivity contribution in [2.75, 3.05) is 12.5 Å². The first-order valence-corrected chi connectivity index (χ1v) is 10.3. The number of halogens is 3. The van der Waals surface area contributed by atoms with Crippen molar-refractivity contribution in [3.63, 3.8) is 0 Å². The zero-order valence-corrected chi connectivity index (χ0v) is 12.7. The minimum atomic E-state index is -6.64. The van der Waals surface area contributed by atoms with Crippen LogP contribution in [0.5, 0.6) is 0 Å². The van der Waals surface area contributed by atoms with Gasteiger partial charge in [0.05, 0.1) is 12.5 Å². The second-order valence-electron chi connectivity index (χ2n) is 2.98. The van der Waals surface area contributed by atoms with Gasteiger partial charge in [-0.2, -0.15) is 50.3 Å². The Bertz CT molecular complexity index is 681. The molecule has 0 heterocycles. The van der Waals surface area contributed by atoms with E-state index in [0.717, 1.165) is 0 Å². The fourth-order valence-corrected chi connectivity index (χ4v) is 5.45. The van der Waals surface area contributed by atoms with Crippen LogP contribution in [0.15, 0.2) is 0 Å². The van der Waals surface area contributed by atoms with E-state index in [-0.39, 0.29) is 31.4 Å². The summed E-state index contributed by atoms with van der Waals surface area (Å²) in [5.41, 5.74) is -6.12. The molecule has 0 aromatic carbocycles. The molecule has 0 N–H and O–H groups in total. The van der Waals surface area contributed by atoms with Gasteiger partial charge in [0, 0.05) is 0 Å². The summed E-state index contributed by atoms with van der Waals surface area (Å²) >= 11 is 0. The minimum absolute atomic E-state index is 0. The molecule has 0 aliphatic carbocycles. The van der Waals surface area contributed by atoms with Crippen molar-refractivity contribution < 1.29 is 54.9 Å². The molecule has 0 bridgehead atoms. The van der Waals surface area contributed by atoms with E-state index >= 15 is 0 Å². The molecule has 0 radical (unpaired) electrons. The number of rotatable bonds is 6. The van der Waals surface area contributed by atoms with Crippen LogP contribution >= 0.6 is 7.82 Å². The summed E-state index contributed by atoms with van der Waals surface area (Å²) < 4.78 is 121. The Morgan fingerprint density at radius 1 is 0.810 bits per heavy atom. The summed E-state index contributed by atoms with van der Waals surface area (Å²) in [6, 6.07) is 0. The average molecular weight is 394 g/mol. The van der Waals surface area contributed by atoms with Crippen molar-refractivity contribution in [1.29, 1.82) is 0 Å². The van der Waals surface area contributed by atoms with Crippen molar-refractivity contribution >= 4 is 57.0 Å². The van der Waals surface area contributed by atoms with Crippen LogP contribution < -0.4 is 0 Å². The molecule has 21 heavy (non-hydrogen) atoms. The third-order valence-corrected chi connectivity index (χ3v) is 6.64. The molecule has 0 aromatic rings. The molecular formula is C3H7F3LiO10PS3. The van der Waals surface area contributed by atoms with Gasteiger partial charge < -0.3 is 0 Å². The van der Waals surface area contributed by atoms with Crippen LogP contribution in [0.4, 0.5) is 13.2 Å². The van der Waals surface area contributed by atoms with Gasteiger partial charge in [0.2, 0.25) is 0 Å². The van der Waals surface area contributed by atoms with Crippen LogP contribution in [0.2, 0.25) is 0 Å². The Balaban J connectivity index is 0. The molecule has 0 spiro atoms. The maximum absolute atomic E-state index is 12.0. The Labute approximate surface area is 130 Å². The van der Waals surface area contributed by atoms with E-state index in [1.807, 2.05) is 0 Å². The quantitative estimate of drug-likeness (QED) is 0.321. The molecule has 10 nitrogen and oxygen atoms in total. The summed E-state index contributed by atoms with van der Waals surface area (Å²) in [5, 5.41) is 0. The van der Waals surface area contributed by atoms with Crippen LogP contribution in [0, 0.1) is 0 Å². The molecule has 0 rings (SSSR count). The molecule has 124 valence electrons. The summed E-state index contributed by atoms with van der Waals surface area (Å²) in [7, 11) is -22.6. The molecule has 0 atom stereocenters. The topological polar surface area (TPSA) is 147 Å². The van der Waals surface area contributed by atoms with E-state index in [2.05, 4.69) is 11.9 Å². The van der Waals surface area contributed by atoms with Gasteiger partial charge in [-0.1, -0.05) is 0 Å². The second-order valence-corrected chi connectivity index (χ2v) is 9.85. The van der Waals surface area contributed by atoms with Crippen LogP contribution in [0.3, 0.4) is 0 Å². The summed E-state index contributed by atoms with van der Waals surface area (Å²) in [5.74, 6) is 0. The molecular weight excluding hydrogens is 387 g/mol. The van der Waals surface area contributed by atoms with Gasteiger partial charge in [-0.3, -0.25) is 0 Å². The van der Waals surface area contributed by atoms with E-state index in [1.54, 1.807) is 0 Å². The van der Waals surface area contributed by atoms with E-state index in [4.69, 9.17) is 0 Å². The fourth-order valence-electron chi connectivity index (χ4n) is 0.531. The van der Waals surface area contributed by atoms with Crippen molar-refractivity contribution in [3.05, 3.63) is 0 Å². The van der Waals surface area contributed by atoms with Gasteiger partial charge in [-0.15, -0.1) is 0 Å². The fraction of sp³-hybridized carbons (Fsp3) is 1.00. The van der Waals surface area contributed by atoms with Crippen molar-refractivity contribution in [2.24, 2.45) is 0 Å². The standard InChI is InChI=1S/C3H6F3O10PS3.Li.H/c1-18(8,9)14-17(7,15-19(2,10)11)16-20(12,13)3(4,5)6;;/h1-2H3;;. The van der Waals surface area contributed by atoms with Gasteiger partial charge in [-0.05, 0) is 0 Å². The molecule has 18 heteroatoms. The molecule has 0 unspecified atom stereocenters. The molecule has 0 amide bonds. The van der Waals surface area contributed by atoms with E-state index in [0.29, 0.717) is 0 Å². The van der Waals surface area contributed by atoms with E-state index in [9.17, 15) is 43.0 Å². The predicted octanol–water partition coefficient (Wildman–Crippen LogP) is -0.735. The molecule has 0 fully saturated rings. The van der Waals surface area contributed by atoms with Crippen LogP contribution in [-0.4, -0.2) is 62.1 Å². The van der Waals surface area contributed by atoms with Crippen LogP contribution in [0.25, 0.3) is 0 Å². The summed E-state index contributed by atoms with van der Waals surface area (Å²) in [6.07, 6.45) is 0.268. The first kappa shape index (κ1) is 23.6. The number of hydrogen-bond acceptors (Lipinski definition) is 10. The van der Waals surface area contributed by atoms with Gasteiger partial charge in [0.25, 0.3) is 20.2 Å². The third kappa shape index (κ3) is 9.16. The summed E-state index contributed by atoms with van der Waals surface area (Å²) in [6.45, 7) is 0. The molecule has 0 saturated carbocycles. The van der Waals surface area contributed by atoms with Gasteiger partial charge >= 0.3 is 42.3 Å². The SMILES string of the molecule is CS(=O)(=O)OP(=O)(OS(C)(=O)=O)OS(=O)(=O)C(F)(F)F.[LiH]. The van der Waals surface area contributed by atoms with Crippen LogP contribution in [-0.2, 0) is 46.8 Å². The van der Waals surface area contributed by atoms with Crippen LogP contribution in [0.1, 0.15) is 0 Å². The average Bonchev–Trinajstić information content (AvgIpc) is 1.88. The van der Waals surface area contributed by atoms with E-state index < -0.39 is 43.7 Å². The zero-order chi connectivity index (χ0) is 16.6. The van der Waals surface area contributed by atoms with Crippen molar-refractivity contribution in [2.45, 2.75) is 5.51 Å². The third-order valence-electron chi connectivity index (χ3n) is 0.926. The van der Waals surface area contributed by atoms with Crippen molar-refractivity contribution in [1.82, 2.24) is 0 Å². The summed E-state index contributed by atoms with van der Waals surface area (Å²) in [4.78, 5) is 0. The monoisotopic (exact) mass is 394 g/mol. The number of alkyl halides is 3. The Kier molecular flexibility index (Phi) is 7.70. The predicted molar refractivity (Wildman–Crippen MR) is 62.7 cm³/mol. The van der Waals surface area contributed by atoms with Gasteiger partial charge in [0.15, 0.2) is 0 Å². The molecule has 0 aliphatic rings. The molecule has 0 aliphatic heterocycles. The molecule has 0 aromatic heterocycles. The second kappa shape index (κ2) is 6.85. The van der Waals surface area contributed by atoms with Crippen molar-refractivity contribution in [3.8, 4) is 0 Å². The first-order chi connectivity index (χ1) is 8.37. The Hall–Kier alpha value is 0.347. The van der Waals surface area contributed by atoms with E-state index in [1.165, 1.54) is 0 Å². The Morgan fingerprint density at radius 2 is 1.10 bits per heavy atom. The number of hydrogen-bond donors (Lipinski definition) is 0. The maximum atomic E-state index is 12.0. The number of phosphoric acid groups is 1. The normalized spacial score (nSPS) is 14.5. The zero-order valence-electron chi connectivity index (χ0n) is 9.39. The Morgan fingerprint density at radius 3 is 1.29 bits per heavy atom.